The maximum Gasteiger partial charge on any atom is 0.339 e. The second-order valence-corrected chi connectivity index (χ2v) is 6.58. The van der Waals surface area contributed by atoms with Crippen LogP contribution in [0, 0.1) is 6.92 Å². The predicted molar refractivity (Wildman–Crippen MR) is 84.3 cm³/mol. The van der Waals surface area contributed by atoms with Crippen molar-refractivity contribution in [1.82, 2.24) is 5.32 Å². The van der Waals surface area contributed by atoms with Crippen LogP contribution in [0.4, 0.5) is 9.80 Å². The van der Waals surface area contributed by atoms with Crippen molar-refractivity contribution in [3.8, 4) is 0 Å². The molecule has 1 saturated carbocycles. The number of carbonyl (C=O) groups excluding carboxylic acids is 1. The molecule has 1 aliphatic carbocycles. The molecule has 0 saturated heterocycles. The van der Waals surface area contributed by atoms with Gasteiger partial charge in [0.05, 0.1) is 4.70 Å². The van der Waals surface area contributed by atoms with E-state index in [9.17, 15) is 9.59 Å². The number of hydrogen-bond acceptors (Lipinski definition) is 4. The largest absolute Gasteiger partial charge is 0.422 e. The van der Waals surface area contributed by atoms with Crippen molar-refractivity contribution in [1.29, 1.82) is 0 Å². The Morgan fingerprint density at radius 1 is 1.38 bits per heavy atom. The van der Waals surface area contributed by atoms with E-state index in [1.54, 1.807) is 31.0 Å². The molecule has 0 bridgehead atoms. The molecule has 112 valence electrons. The molecule has 6 heteroatoms. The molecule has 2 aromatic rings. The highest BCUT2D eigenvalue weighted by Gasteiger charge is 2.21. The zero-order valence-corrected chi connectivity index (χ0v) is 13.0. The normalized spacial score (nSPS) is 15.5. The Kier molecular flexibility index (Phi) is 3.71. The van der Waals surface area contributed by atoms with Crippen LogP contribution in [0.2, 0.25) is 0 Å². The number of nitrogens with one attached hydrogen (secondary N) is 1. The number of anilines is 1. The number of hydrogen-bond donors (Lipinski definition) is 1. The summed E-state index contributed by atoms with van der Waals surface area (Å²) in [6.07, 6.45) is 4.48. The fourth-order valence-electron chi connectivity index (χ4n) is 2.60. The summed E-state index contributed by atoms with van der Waals surface area (Å²) in [5.41, 5.74) is 0.782. The van der Waals surface area contributed by atoms with Gasteiger partial charge in [-0.05, 0) is 25.8 Å². The number of urea groups is 1. The maximum atomic E-state index is 12.2. The summed E-state index contributed by atoms with van der Waals surface area (Å²) >= 11 is 1.45. The minimum Gasteiger partial charge on any atom is -0.422 e. The van der Waals surface area contributed by atoms with Gasteiger partial charge in [-0.2, -0.15) is 0 Å². The van der Waals surface area contributed by atoms with E-state index in [0.29, 0.717) is 11.1 Å². The number of nitrogens with zero attached hydrogens (tertiary/aromatic N) is 1. The molecule has 0 spiro atoms. The van der Waals surface area contributed by atoms with Gasteiger partial charge in [0.15, 0.2) is 5.58 Å². The summed E-state index contributed by atoms with van der Waals surface area (Å²) in [5, 5.41) is 3.82. The van der Waals surface area contributed by atoms with Crippen molar-refractivity contribution in [3.05, 3.63) is 28.1 Å². The van der Waals surface area contributed by atoms with Gasteiger partial charge in [0.2, 0.25) is 0 Å². The lowest BCUT2D eigenvalue weighted by Crippen LogP contribution is -2.41. The van der Waals surface area contributed by atoms with Gasteiger partial charge in [0.25, 0.3) is 0 Å². The Morgan fingerprint density at radius 2 is 2.10 bits per heavy atom. The van der Waals surface area contributed by atoms with E-state index in [1.165, 1.54) is 24.2 Å². The Bertz CT molecular complexity index is 728. The van der Waals surface area contributed by atoms with Crippen molar-refractivity contribution in [2.45, 2.75) is 38.6 Å². The van der Waals surface area contributed by atoms with Crippen molar-refractivity contribution in [2.75, 3.05) is 11.9 Å². The van der Waals surface area contributed by atoms with Crippen molar-refractivity contribution in [3.63, 3.8) is 0 Å². The van der Waals surface area contributed by atoms with E-state index in [-0.39, 0.29) is 17.7 Å². The highest BCUT2D eigenvalue weighted by atomic mass is 32.1. The number of rotatable bonds is 2. The fourth-order valence-corrected chi connectivity index (χ4v) is 3.65. The van der Waals surface area contributed by atoms with Crippen LogP contribution in [0.3, 0.4) is 0 Å². The van der Waals surface area contributed by atoms with Gasteiger partial charge in [-0.25, -0.2) is 9.59 Å². The first-order valence-electron chi connectivity index (χ1n) is 7.13. The number of fused-ring (bicyclic) bond motifs is 1. The van der Waals surface area contributed by atoms with Crippen LogP contribution in [0.5, 0.6) is 0 Å². The van der Waals surface area contributed by atoms with E-state index in [0.717, 1.165) is 22.5 Å². The summed E-state index contributed by atoms with van der Waals surface area (Å²) in [5.74, 6) is 0. The molecule has 0 aliphatic heterocycles. The molecule has 0 unspecified atom stereocenters. The highest BCUT2D eigenvalue weighted by Crippen LogP contribution is 2.31. The molecule has 1 fully saturated rings. The number of aryl methyl sites for hydroxylation is 1. The van der Waals surface area contributed by atoms with Gasteiger partial charge < -0.3 is 9.73 Å². The third kappa shape index (κ3) is 2.81. The van der Waals surface area contributed by atoms with Crippen LogP contribution in [-0.2, 0) is 0 Å². The summed E-state index contributed by atoms with van der Waals surface area (Å²) < 4.78 is 6.11. The van der Waals surface area contributed by atoms with E-state index in [4.69, 9.17) is 4.42 Å². The first kappa shape index (κ1) is 14.1. The molecule has 0 atom stereocenters. The molecule has 5 nitrogen and oxygen atoms in total. The Labute approximate surface area is 126 Å². The van der Waals surface area contributed by atoms with Crippen LogP contribution in [0.25, 0.3) is 10.3 Å². The Balaban J connectivity index is 1.81. The molecule has 2 heterocycles. The summed E-state index contributed by atoms with van der Waals surface area (Å²) in [6, 6.07) is 3.73. The number of amides is 2. The molecule has 1 aliphatic rings. The second kappa shape index (κ2) is 5.52. The average molecular weight is 306 g/mol. The molecule has 3 rings (SSSR count). The van der Waals surface area contributed by atoms with Crippen LogP contribution >= 0.6 is 11.3 Å². The third-order valence-electron chi connectivity index (χ3n) is 3.90. The van der Waals surface area contributed by atoms with Crippen molar-refractivity contribution in [2.24, 2.45) is 0 Å². The van der Waals surface area contributed by atoms with Crippen molar-refractivity contribution >= 4 is 32.7 Å². The Hall–Kier alpha value is -1.82. The molecule has 0 radical (unpaired) electrons. The number of thiophene rings is 1. The fraction of sp³-hybridized carbons (Fsp3) is 0.467. The average Bonchev–Trinajstić information content (AvgIpc) is 3.08. The SMILES string of the molecule is Cc1cc2sc(N(C)C(=O)NC3CCCC3)cc2oc1=O. The second-order valence-electron chi connectivity index (χ2n) is 5.52. The molecule has 2 amide bonds. The van der Waals surface area contributed by atoms with E-state index in [1.807, 2.05) is 0 Å². The van der Waals surface area contributed by atoms with Crippen LogP contribution in [0.1, 0.15) is 31.2 Å². The summed E-state index contributed by atoms with van der Waals surface area (Å²) in [7, 11) is 1.74. The van der Waals surface area contributed by atoms with Crippen LogP contribution in [-0.4, -0.2) is 19.1 Å². The first-order chi connectivity index (χ1) is 10.0. The maximum absolute atomic E-state index is 12.2. The van der Waals surface area contributed by atoms with Gasteiger partial charge in [0.1, 0.15) is 5.00 Å². The van der Waals surface area contributed by atoms with E-state index >= 15 is 0 Å². The minimum absolute atomic E-state index is 0.104. The summed E-state index contributed by atoms with van der Waals surface area (Å²) in [6.45, 7) is 1.72. The van der Waals surface area contributed by atoms with Gasteiger partial charge in [-0.1, -0.05) is 12.8 Å². The molecule has 21 heavy (non-hydrogen) atoms. The molecular weight excluding hydrogens is 288 g/mol. The smallest absolute Gasteiger partial charge is 0.339 e. The first-order valence-corrected chi connectivity index (χ1v) is 7.95. The van der Waals surface area contributed by atoms with E-state index in [2.05, 4.69) is 5.32 Å². The topological polar surface area (TPSA) is 62.6 Å². The minimum atomic E-state index is -0.329. The quantitative estimate of drug-likeness (QED) is 0.926. The lowest BCUT2D eigenvalue weighted by atomic mass is 10.2. The lowest BCUT2D eigenvalue weighted by Gasteiger charge is -2.19. The Morgan fingerprint density at radius 3 is 2.81 bits per heavy atom. The molecule has 1 N–H and O–H groups in total. The predicted octanol–water partition coefficient (Wildman–Crippen LogP) is 3.25. The molecule has 0 aromatic carbocycles. The summed E-state index contributed by atoms with van der Waals surface area (Å²) in [4.78, 5) is 25.3. The zero-order valence-electron chi connectivity index (χ0n) is 12.1. The van der Waals surface area contributed by atoms with Crippen molar-refractivity contribution < 1.29 is 9.21 Å². The van der Waals surface area contributed by atoms with Gasteiger partial charge in [0, 0.05) is 24.7 Å². The standard InChI is InChI=1S/C15H18N2O3S/c1-9-7-12-11(20-14(9)18)8-13(21-12)17(2)15(19)16-10-5-3-4-6-10/h7-8,10H,3-6H2,1-2H3,(H,16,19). The van der Waals surface area contributed by atoms with Gasteiger partial charge >= 0.3 is 11.7 Å². The third-order valence-corrected chi connectivity index (χ3v) is 5.04. The molecule has 2 aromatic heterocycles. The van der Waals surface area contributed by atoms with E-state index < -0.39 is 0 Å². The molecular formula is C15H18N2O3S. The number of carbonyl (C=O) groups is 1. The zero-order chi connectivity index (χ0) is 15.0. The van der Waals surface area contributed by atoms with Crippen LogP contribution < -0.4 is 15.8 Å². The van der Waals surface area contributed by atoms with Crippen LogP contribution in [0.15, 0.2) is 21.3 Å². The lowest BCUT2D eigenvalue weighted by molar-refractivity contribution is 0.244. The highest BCUT2D eigenvalue weighted by molar-refractivity contribution is 7.22. The van der Waals surface area contributed by atoms with Gasteiger partial charge in [-0.15, -0.1) is 11.3 Å². The van der Waals surface area contributed by atoms with Gasteiger partial charge in [-0.3, -0.25) is 4.90 Å². The monoisotopic (exact) mass is 306 g/mol.